The lowest BCUT2D eigenvalue weighted by Gasteiger charge is -2.32. The van der Waals surface area contributed by atoms with Crippen LogP contribution in [0.2, 0.25) is 5.02 Å². The van der Waals surface area contributed by atoms with Gasteiger partial charge in [0.15, 0.2) is 0 Å². The SMILES string of the molecule is CC1(C)CC(Cc2ccccc2Cl)=CC(Cl)C1. The van der Waals surface area contributed by atoms with Gasteiger partial charge in [0.05, 0.1) is 5.38 Å². The predicted molar refractivity (Wildman–Crippen MR) is 75.9 cm³/mol. The van der Waals surface area contributed by atoms with Crippen LogP contribution in [0, 0.1) is 5.41 Å². The Bertz CT molecular complexity index is 432. The second-order valence-corrected chi connectivity index (χ2v) is 6.62. The molecule has 0 aliphatic heterocycles. The Balaban J connectivity index is 2.17. The van der Waals surface area contributed by atoms with E-state index < -0.39 is 0 Å². The molecule has 0 saturated heterocycles. The van der Waals surface area contributed by atoms with Crippen molar-refractivity contribution in [1.29, 1.82) is 0 Å². The molecule has 2 heteroatoms. The Kier molecular flexibility index (Phi) is 3.85. The molecule has 0 bridgehead atoms. The van der Waals surface area contributed by atoms with E-state index in [1.807, 2.05) is 18.2 Å². The number of hydrogen-bond donors (Lipinski definition) is 0. The van der Waals surface area contributed by atoms with E-state index >= 15 is 0 Å². The maximum absolute atomic E-state index is 6.29. The minimum absolute atomic E-state index is 0.163. The predicted octanol–water partition coefficient (Wildman–Crippen LogP) is 5.24. The first-order chi connectivity index (χ1) is 7.96. The van der Waals surface area contributed by atoms with E-state index in [2.05, 4.69) is 26.0 Å². The largest absolute Gasteiger partial charge is 0.118 e. The molecule has 0 saturated carbocycles. The summed E-state index contributed by atoms with van der Waals surface area (Å²) in [6.07, 6.45) is 5.30. The number of alkyl halides is 1. The topological polar surface area (TPSA) is 0 Å². The molecule has 1 unspecified atom stereocenters. The molecule has 1 aliphatic rings. The molecule has 1 atom stereocenters. The number of allylic oxidation sites excluding steroid dienone is 2. The zero-order valence-corrected chi connectivity index (χ0v) is 11.9. The van der Waals surface area contributed by atoms with Crippen LogP contribution >= 0.6 is 23.2 Å². The molecule has 17 heavy (non-hydrogen) atoms. The van der Waals surface area contributed by atoms with Gasteiger partial charge >= 0.3 is 0 Å². The van der Waals surface area contributed by atoms with E-state index in [4.69, 9.17) is 23.2 Å². The third-order valence-electron chi connectivity index (χ3n) is 3.25. The summed E-state index contributed by atoms with van der Waals surface area (Å²) in [5, 5.41) is 1.01. The van der Waals surface area contributed by atoms with Crippen molar-refractivity contribution in [2.75, 3.05) is 0 Å². The van der Waals surface area contributed by atoms with Crippen molar-refractivity contribution in [3.8, 4) is 0 Å². The fourth-order valence-corrected chi connectivity index (χ4v) is 3.39. The highest BCUT2D eigenvalue weighted by molar-refractivity contribution is 6.31. The summed E-state index contributed by atoms with van der Waals surface area (Å²) < 4.78 is 0. The van der Waals surface area contributed by atoms with Crippen LogP contribution in [0.5, 0.6) is 0 Å². The Hall–Kier alpha value is -0.460. The number of hydrogen-bond acceptors (Lipinski definition) is 0. The lowest BCUT2D eigenvalue weighted by Crippen LogP contribution is -2.22. The van der Waals surface area contributed by atoms with Crippen LogP contribution in [0.4, 0.5) is 0 Å². The summed E-state index contributed by atoms with van der Waals surface area (Å²) in [7, 11) is 0. The van der Waals surface area contributed by atoms with Gasteiger partial charge < -0.3 is 0 Å². The molecule has 2 rings (SSSR count). The maximum Gasteiger partial charge on any atom is 0.0523 e. The first-order valence-corrected chi connectivity index (χ1v) is 6.85. The molecule has 1 aromatic carbocycles. The van der Waals surface area contributed by atoms with E-state index in [0.717, 1.165) is 24.3 Å². The smallest absolute Gasteiger partial charge is 0.0523 e. The van der Waals surface area contributed by atoms with Crippen molar-refractivity contribution in [2.24, 2.45) is 5.41 Å². The van der Waals surface area contributed by atoms with Gasteiger partial charge in [-0.2, -0.15) is 0 Å². The fourth-order valence-electron chi connectivity index (χ4n) is 2.60. The van der Waals surface area contributed by atoms with Gasteiger partial charge in [-0.3, -0.25) is 0 Å². The van der Waals surface area contributed by atoms with Gasteiger partial charge in [-0.25, -0.2) is 0 Å². The van der Waals surface area contributed by atoms with Crippen LogP contribution in [0.3, 0.4) is 0 Å². The van der Waals surface area contributed by atoms with Crippen molar-refractivity contribution < 1.29 is 0 Å². The van der Waals surface area contributed by atoms with Gasteiger partial charge in [0.1, 0.15) is 0 Å². The first kappa shape index (κ1) is 13.0. The number of halogens is 2. The van der Waals surface area contributed by atoms with E-state index in [-0.39, 0.29) is 5.38 Å². The quantitative estimate of drug-likeness (QED) is 0.509. The molecule has 0 aromatic heterocycles. The van der Waals surface area contributed by atoms with Crippen LogP contribution in [0.15, 0.2) is 35.9 Å². The van der Waals surface area contributed by atoms with Gasteiger partial charge in [0.25, 0.3) is 0 Å². The van der Waals surface area contributed by atoms with Gasteiger partial charge in [-0.05, 0) is 36.3 Å². The zero-order valence-electron chi connectivity index (χ0n) is 10.3. The Morgan fingerprint density at radius 1 is 1.29 bits per heavy atom. The molecule has 0 N–H and O–H groups in total. The van der Waals surface area contributed by atoms with E-state index in [1.54, 1.807) is 0 Å². The van der Waals surface area contributed by atoms with Gasteiger partial charge in [-0.15, -0.1) is 11.6 Å². The van der Waals surface area contributed by atoms with E-state index in [0.29, 0.717) is 5.41 Å². The molecular weight excluding hydrogens is 251 g/mol. The molecule has 0 fully saturated rings. The fraction of sp³-hybridized carbons (Fsp3) is 0.467. The Labute approximate surface area is 114 Å². The molecule has 1 aliphatic carbocycles. The van der Waals surface area contributed by atoms with Crippen LogP contribution in [0.1, 0.15) is 32.3 Å². The molecular formula is C15H18Cl2. The normalized spacial score (nSPS) is 23.3. The third-order valence-corrected chi connectivity index (χ3v) is 3.89. The minimum atomic E-state index is 0.163. The second kappa shape index (κ2) is 5.04. The molecule has 0 heterocycles. The standard InChI is InChI=1S/C15H18Cl2/c1-15(2)9-11(8-13(16)10-15)7-12-5-3-4-6-14(12)17/h3-6,8,13H,7,9-10H2,1-2H3. The summed E-state index contributed by atoms with van der Waals surface area (Å²) in [6, 6.07) is 8.04. The lowest BCUT2D eigenvalue weighted by molar-refractivity contribution is 0.320. The average Bonchev–Trinajstić information content (AvgIpc) is 2.18. The summed E-state index contributed by atoms with van der Waals surface area (Å²) in [5.74, 6) is 0. The second-order valence-electron chi connectivity index (χ2n) is 5.65. The third kappa shape index (κ3) is 3.50. The van der Waals surface area contributed by atoms with Crippen LogP contribution in [0.25, 0.3) is 0 Å². The maximum atomic E-state index is 6.29. The zero-order chi connectivity index (χ0) is 12.5. The first-order valence-electron chi connectivity index (χ1n) is 6.03. The Morgan fingerprint density at radius 2 is 2.00 bits per heavy atom. The van der Waals surface area contributed by atoms with E-state index in [9.17, 15) is 0 Å². The molecule has 0 spiro atoms. The summed E-state index contributed by atoms with van der Waals surface area (Å²) >= 11 is 12.5. The van der Waals surface area contributed by atoms with Crippen molar-refractivity contribution in [1.82, 2.24) is 0 Å². The number of benzene rings is 1. The minimum Gasteiger partial charge on any atom is -0.118 e. The summed E-state index contributed by atoms with van der Waals surface area (Å²) in [4.78, 5) is 0. The molecule has 92 valence electrons. The van der Waals surface area contributed by atoms with Crippen molar-refractivity contribution in [3.05, 3.63) is 46.5 Å². The van der Waals surface area contributed by atoms with Crippen LogP contribution < -0.4 is 0 Å². The van der Waals surface area contributed by atoms with Gasteiger partial charge in [0, 0.05) is 5.02 Å². The highest BCUT2D eigenvalue weighted by Crippen LogP contribution is 2.38. The summed E-state index contributed by atoms with van der Waals surface area (Å²) in [5.41, 5.74) is 2.91. The lowest BCUT2D eigenvalue weighted by atomic mass is 9.76. The molecule has 0 amide bonds. The highest BCUT2D eigenvalue weighted by atomic mass is 35.5. The molecule has 0 radical (unpaired) electrons. The molecule has 0 nitrogen and oxygen atoms in total. The number of rotatable bonds is 2. The monoisotopic (exact) mass is 268 g/mol. The average molecular weight is 269 g/mol. The Morgan fingerprint density at radius 3 is 2.65 bits per heavy atom. The highest BCUT2D eigenvalue weighted by Gasteiger charge is 2.27. The van der Waals surface area contributed by atoms with E-state index in [1.165, 1.54) is 11.1 Å². The van der Waals surface area contributed by atoms with Gasteiger partial charge in [-0.1, -0.05) is 55.3 Å². The summed E-state index contributed by atoms with van der Waals surface area (Å²) in [6.45, 7) is 4.56. The van der Waals surface area contributed by atoms with Crippen molar-refractivity contribution in [2.45, 2.75) is 38.5 Å². The van der Waals surface area contributed by atoms with Crippen molar-refractivity contribution in [3.63, 3.8) is 0 Å². The van der Waals surface area contributed by atoms with Gasteiger partial charge in [0.2, 0.25) is 0 Å². The van der Waals surface area contributed by atoms with Crippen molar-refractivity contribution >= 4 is 23.2 Å². The van der Waals surface area contributed by atoms with Crippen LogP contribution in [-0.2, 0) is 6.42 Å². The van der Waals surface area contributed by atoms with Crippen LogP contribution in [-0.4, -0.2) is 5.38 Å². The molecule has 1 aromatic rings.